The Morgan fingerprint density at radius 3 is 2.48 bits per heavy atom. The van der Waals surface area contributed by atoms with Gasteiger partial charge in [-0.1, -0.05) is 61.7 Å². The zero-order valence-corrected chi connectivity index (χ0v) is 24.1. The molecule has 1 aliphatic carbocycles. The minimum atomic E-state index is -1.20. The van der Waals surface area contributed by atoms with Crippen molar-refractivity contribution in [3.63, 3.8) is 0 Å². The van der Waals surface area contributed by atoms with Crippen LogP contribution >= 0.6 is 0 Å². The number of aliphatic hydroxyl groups is 1. The summed E-state index contributed by atoms with van der Waals surface area (Å²) in [6.45, 7) is 0.329. The van der Waals surface area contributed by atoms with Crippen molar-refractivity contribution in [2.24, 2.45) is 5.92 Å². The number of nitrogens with one attached hydrogen (secondary N) is 3. The fourth-order valence-electron chi connectivity index (χ4n) is 5.60. The molecule has 42 heavy (non-hydrogen) atoms. The van der Waals surface area contributed by atoms with Gasteiger partial charge in [0, 0.05) is 32.1 Å². The van der Waals surface area contributed by atoms with E-state index in [9.17, 15) is 23.9 Å². The first-order valence-electron chi connectivity index (χ1n) is 14.7. The summed E-state index contributed by atoms with van der Waals surface area (Å²) in [7, 11) is 1.51. The summed E-state index contributed by atoms with van der Waals surface area (Å²) in [6.07, 6.45) is 8.70. The molecule has 1 fully saturated rings. The van der Waals surface area contributed by atoms with Crippen molar-refractivity contribution < 1.29 is 28.6 Å². The molecule has 226 valence electrons. The lowest BCUT2D eigenvalue weighted by molar-refractivity contribution is -0.144. The number of nitrogens with zero attached hydrogens (tertiary/aromatic N) is 1. The molecule has 0 unspecified atom stereocenters. The summed E-state index contributed by atoms with van der Waals surface area (Å²) in [5.41, 5.74) is 1.49. The first-order valence-corrected chi connectivity index (χ1v) is 14.7. The maximum Gasteiger partial charge on any atom is 0.245 e. The summed E-state index contributed by atoms with van der Waals surface area (Å²) < 4.78 is 19.6. The average Bonchev–Trinajstić information content (AvgIpc) is 3.00. The molecule has 1 saturated carbocycles. The van der Waals surface area contributed by atoms with Crippen LogP contribution in [0.4, 0.5) is 4.39 Å². The normalized spacial score (nSPS) is 24.4. The van der Waals surface area contributed by atoms with Gasteiger partial charge in [-0.05, 0) is 42.5 Å². The van der Waals surface area contributed by atoms with E-state index in [4.69, 9.17) is 4.74 Å². The third-order valence-electron chi connectivity index (χ3n) is 8.00. The number of rotatable bonds is 4. The predicted molar refractivity (Wildman–Crippen MR) is 158 cm³/mol. The number of halogens is 1. The molecule has 0 aromatic heterocycles. The minimum absolute atomic E-state index is 0.0916. The van der Waals surface area contributed by atoms with E-state index in [0.29, 0.717) is 24.5 Å². The molecule has 3 amide bonds. The molecule has 4 rings (SSSR count). The number of amides is 3. The van der Waals surface area contributed by atoms with Crippen molar-refractivity contribution in [3.8, 4) is 5.75 Å². The zero-order valence-electron chi connectivity index (χ0n) is 24.1. The predicted octanol–water partition coefficient (Wildman–Crippen LogP) is 2.43. The number of para-hydroxylation sites is 1. The summed E-state index contributed by atoms with van der Waals surface area (Å²) in [5.74, 6) is -1.02. The van der Waals surface area contributed by atoms with Gasteiger partial charge in [-0.25, -0.2) is 4.39 Å². The van der Waals surface area contributed by atoms with Crippen LogP contribution in [0.25, 0.3) is 6.08 Å². The van der Waals surface area contributed by atoms with E-state index >= 15 is 0 Å². The van der Waals surface area contributed by atoms with Gasteiger partial charge in [-0.2, -0.15) is 0 Å². The number of fused-ring (bicyclic) bond motifs is 1. The molecular formula is C32H41FN4O5. The first kappa shape index (κ1) is 31.2. The zero-order chi connectivity index (χ0) is 29.9. The quantitative estimate of drug-likeness (QED) is 0.441. The van der Waals surface area contributed by atoms with Gasteiger partial charge in [0.25, 0.3) is 0 Å². The highest BCUT2D eigenvalue weighted by Crippen LogP contribution is 2.28. The molecule has 4 N–H and O–H groups in total. The van der Waals surface area contributed by atoms with Crippen LogP contribution in [0.1, 0.15) is 43.2 Å². The van der Waals surface area contributed by atoms with Crippen LogP contribution in [0.5, 0.6) is 5.75 Å². The van der Waals surface area contributed by atoms with Crippen molar-refractivity contribution >= 4 is 23.8 Å². The maximum absolute atomic E-state index is 13.8. The molecule has 0 radical (unpaired) electrons. The lowest BCUT2D eigenvalue weighted by Gasteiger charge is -2.35. The first-order chi connectivity index (χ1) is 20.4. The number of ether oxygens (including phenoxy) is 1. The maximum atomic E-state index is 13.8. The Hall–Kier alpha value is -3.76. The van der Waals surface area contributed by atoms with Crippen LogP contribution in [0, 0.1) is 11.7 Å². The van der Waals surface area contributed by atoms with E-state index in [0.717, 1.165) is 37.7 Å². The second kappa shape index (κ2) is 15.5. The van der Waals surface area contributed by atoms with Crippen molar-refractivity contribution in [2.75, 3.05) is 33.4 Å². The van der Waals surface area contributed by atoms with Gasteiger partial charge >= 0.3 is 0 Å². The third kappa shape index (κ3) is 8.39. The van der Waals surface area contributed by atoms with E-state index in [1.165, 1.54) is 24.1 Å². The van der Waals surface area contributed by atoms with Gasteiger partial charge in [0.15, 0.2) is 0 Å². The highest BCUT2D eigenvalue weighted by Gasteiger charge is 2.36. The van der Waals surface area contributed by atoms with Gasteiger partial charge in [0.2, 0.25) is 17.7 Å². The Balaban J connectivity index is 1.62. The lowest BCUT2D eigenvalue weighted by atomic mass is 9.83. The highest BCUT2D eigenvalue weighted by atomic mass is 19.1. The lowest BCUT2D eigenvalue weighted by Crippen LogP contribution is -2.59. The molecule has 0 spiro atoms. The fraction of sp³-hybridized carbons (Fsp3) is 0.469. The van der Waals surface area contributed by atoms with E-state index in [1.807, 2.05) is 30.3 Å². The van der Waals surface area contributed by atoms with Gasteiger partial charge in [-0.3, -0.25) is 14.4 Å². The molecule has 9 nitrogen and oxygen atoms in total. The average molecular weight is 581 g/mol. The summed E-state index contributed by atoms with van der Waals surface area (Å²) in [4.78, 5) is 41.8. The van der Waals surface area contributed by atoms with Crippen LogP contribution in [0.15, 0.2) is 54.6 Å². The second-order valence-corrected chi connectivity index (χ2v) is 10.9. The van der Waals surface area contributed by atoms with Crippen LogP contribution in [-0.4, -0.2) is 79.2 Å². The van der Waals surface area contributed by atoms with Crippen molar-refractivity contribution in [3.05, 3.63) is 71.6 Å². The van der Waals surface area contributed by atoms with Crippen LogP contribution < -0.4 is 20.7 Å². The van der Waals surface area contributed by atoms with Crippen molar-refractivity contribution in [2.45, 2.75) is 56.7 Å². The SMILES string of the molecule is CN1C(=O)[C@H](C2CCCCC2)NCCOc2ccccc2/C=C/CNC(=O)[C@@H](Cc2ccc(F)cc2)NC(=O)[C@@H]1CO. The smallest absolute Gasteiger partial charge is 0.245 e. The molecule has 1 aliphatic heterocycles. The van der Waals surface area contributed by atoms with Crippen molar-refractivity contribution in [1.29, 1.82) is 0 Å². The van der Waals surface area contributed by atoms with Gasteiger partial charge in [-0.15, -0.1) is 0 Å². The number of hydrogen-bond donors (Lipinski definition) is 4. The number of aliphatic hydroxyl groups excluding tert-OH is 1. The molecular weight excluding hydrogens is 539 g/mol. The summed E-state index contributed by atoms with van der Waals surface area (Å²) in [6, 6.07) is 10.5. The molecule has 3 atom stereocenters. The molecule has 2 aromatic rings. The molecule has 10 heteroatoms. The minimum Gasteiger partial charge on any atom is -0.492 e. The number of hydrogen-bond acceptors (Lipinski definition) is 6. The summed E-state index contributed by atoms with van der Waals surface area (Å²) >= 11 is 0. The van der Waals surface area contributed by atoms with Gasteiger partial charge < -0.3 is 30.7 Å². The van der Waals surface area contributed by atoms with Gasteiger partial charge in [0.05, 0.1) is 12.6 Å². The Kier molecular flexibility index (Phi) is 11.5. The highest BCUT2D eigenvalue weighted by molar-refractivity contribution is 5.93. The monoisotopic (exact) mass is 580 g/mol. The Labute approximate surface area is 246 Å². The van der Waals surface area contributed by atoms with E-state index in [-0.39, 0.29) is 24.8 Å². The van der Waals surface area contributed by atoms with Crippen molar-refractivity contribution in [1.82, 2.24) is 20.9 Å². The summed E-state index contributed by atoms with van der Waals surface area (Å²) in [5, 5.41) is 19.1. The Morgan fingerprint density at radius 1 is 1.00 bits per heavy atom. The number of likely N-dealkylation sites (N-methyl/N-ethyl adjacent to an activating group) is 1. The van der Waals surface area contributed by atoms with E-state index in [2.05, 4.69) is 16.0 Å². The van der Waals surface area contributed by atoms with Crippen LogP contribution in [-0.2, 0) is 20.8 Å². The molecule has 0 bridgehead atoms. The second-order valence-electron chi connectivity index (χ2n) is 10.9. The Morgan fingerprint density at radius 2 is 1.74 bits per heavy atom. The molecule has 1 heterocycles. The fourth-order valence-corrected chi connectivity index (χ4v) is 5.60. The number of carbonyl (C=O) groups excluding carboxylic acids is 3. The third-order valence-corrected chi connectivity index (χ3v) is 8.00. The number of carbonyl (C=O) groups is 3. The van der Waals surface area contributed by atoms with Crippen LogP contribution in [0.3, 0.4) is 0 Å². The topological polar surface area (TPSA) is 120 Å². The molecule has 2 aliphatic rings. The van der Waals surface area contributed by atoms with Gasteiger partial charge in [0.1, 0.15) is 30.3 Å². The van der Waals surface area contributed by atoms with E-state index in [1.54, 1.807) is 18.2 Å². The standard InChI is InChI=1S/C32H41FN4O5/c1-37-27(21-38)31(40)36-26(20-22-13-15-25(33)16-14-22)30(39)35-17-7-11-23-8-5-6-12-28(23)42-19-18-34-29(32(37)41)24-9-3-2-4-10-24/h5-8,11-16,24,26-27,29,34,38H,2-4,9-10,17-21H2,1H3,(H,35,39)(H,36,40)/b11-7+/t26-,27+,29+/m1/s1. The van der Waals surface area contributed by atoms with Crippen LogP contribution in [0.2, 0.25) is 0 Å². The molecule has 2 aromatic carbocycles. The number of benzene rings is 2. The Bertz CT molecular complexity index is 1230. The molecule has 0 saturated heterocycles. The van der Waals surface area contributed by atoms with E-state index < -0.39 is 42.4 Å². The largest absolute Gasteiger partial charge is 0.492 e.